The number of nitrogens with zero attached hydrogens (tertiary/aromatic N) is 3. The molecule has 1 N–H and O–H groups in total. The zero-order valence-electron chi connectivity index (χ0n) is 11.3. The molecule has 18 heavy (non-hydrogen) atoms. The van der Waals surface area contributed by atoms with Crippen molar-refractivity contribution in [3.63, 3.8) is 0 Å². The van der Waals surface area contributed by atoms with E-state index in [-0.39, 0.29) is 0 Å². The SMILES string of the molecule is CNc1ncc(Br)c(N(C)C2CCC(C)CC2)n1. The summed E-state index contributed by atoms with van der Waals surface area (Å²) >= 11 is 3.54. The Bertz CT molecular complexity index is 402. The first kappa shape index (κ1) is 13.6. The Morgan fingerprint density at radius 1 is 1.33 bits per heavy atom. The Balaban J connectivity index is 2.14. The number of hydrogen-bond acceptors (Lipinski definition) is 4. The third kappa shape index (κ3) is 2.94. The van der Waals surface area contributed by atoms with Crippen LogP contribution in [0.15, 0.2) is 10.7 Å². The molecule has 0 radical (unpaired) electrons. The molecule has 1 heterocycles. The lowest BCUT2D eigenvalue weighted by molar-refractivity contribution is 0.340. The largest absolute Gasteiger partial charge is 0.357 e. The smallest absolute Gasteiger partial charge is 0.224 e. The van der Waals surface area contributed by atoms with Gasteiger partial charge >= 0.3 is 0 Å². The summed E-state index contributed by atoms with van der Waals surface area (Å²) in [6.45, 7) is 2.34. The van der Waals surface area contributed by atoms with Gasteiger partial charge in [-0.2, -0.15) is 4.98 Å². The molecule has 0 aliphatic heterocycles. The van der Waals surface area contributed by atoms with E-state index in [0.29, 0.717) is 12.0 Å². The second-order valence-corrected chi connectivity index (χ2v) is 5.99. The fraction of sp³-hybridized carbons (Fsp3) is 0.692. The molecule has 1 aromatic heterocycles. The highest BCUT2D eigenvalue weighted by Gasteiger charge is 2.24. The molecule has 2 rings (SSSR count). The molecule has 1 aliphatic carbocycles. The van der Waals surface area contributed by atoms with Crippen LogP contribution in [0.3, 0.4) is 0 Å². The molecule has 1 aromatic rings. The second-order valence-electron chi connectivity index (χ2n) is 5.14. The van der Waals surface area contributed by atoms with Crippen LogP contribution in [-0.4, -0.2) is 30.1 Å². The molecule has 4 nitrogen and oxygen atoms in total. The van der Waals surface area contributed by atoms with E-state index in [1.54, 1.807) is 0 Å². The maximum Gasteiger partial charge on any atom is 0.224 e. The van der Waals surface area contributed by atoms with Gasteiger partial charge in [0.05, 0.1) is 4.47 Å². The van der Waals surface area contributed by atoms with E-state index in [2.05, 4.69) is 50.1 Å². The van der Waals surface area contributed by atoms with Crippen LogP contribution in [0.25, 0.3) is 0 Å². The molecule has 1 saturated carbocycles. The molecule has 1 aliphatic rings. The fourth-order valence-corrected chi connectivity index (χ4v) is 3.00. The summed E-state index contributed by atoms with van der Waals surface area (Å²) in [4.78, 5) is 11.0. The van der Waals surface area contributed by atoms with Crippen LogP contribution in [0, 0.1) is 5.92 Å². The minimum Gasteiger partial charge on any atom is -0.357 e. The standard InChI is InChI=1S/C13H21BrN4/c1-9-4-6-10(7-5-9)18(3)12-11(14)8-16-13(15-2)17-12/h8-10H,4-7H2,1-3H3,(H,15,16,17). The Hall–Kier alpha value is -0.840. The number of halogens is 1. The van der Waals surface area contributed by atoms with Crippen molar-refractivity contribution >= 4 is 27.7 Å². The first-order chi connectivity index (χ1) is 8.61. The Kier molecular flexibility index (Phi) is 4.43. The molecule has 0 unspecified atom stereocenters. The maximum atomic E-state index is 4.54. The molecule has 0 spiro atoms. The maximum absolute atomic E-state index is 4.54. The van der Waals surface area contributed by atoms with E-state index in [1.165, 1.54) is 25.7 Å². The summed E-state index contributed by atoms with van der Waals surface area (Å²) in [5.41, 5.74) is 0. The molecule has 100 valence electrons. The van der Waals surface area contributed by atoms with Crippen molar-refractivity contribution in [2.45, 2.75) is 38.6 Å². The summed E-state index contributed by atoms with van der Waals surface area (Å²) in [6, 6.07) is 0.595. The molecule has 5 heteroatoms. The fourth-order valence-electron chi connectivity index (χ4n) is 2.53. The van der Waals surface area contributed by atoms with Crippen LogP contribution in [0.2, 0.25) is 0 Å². The van der Waals surface area contributed by atoms with E-state index in [4.69, 9.17) is 0 Å². The van der Waals surface area contributed by atoms with Gasteiger partial charge in [-0.25, -0.2) is 4.98 Å². The van der Waals surface area contributed by atoms with Crippen molar-refractivity contribution in [2.24, 2.45) is 5.92 Å². The molecule has 1 fully saturated rings. The monoisotopic (exact) mass is 312 g/mol. The van der Waals surface area contributed by atoms with Gasteiger partial charge in [-0.05, 0) is 47.5 Å². The summed E-state index contributed by atoms with van der Waals surface area (Å²) in [6.07, 6.45) is 6.95. The summed E-state index contributed by atoms with van der Waals surface area (Å²) in [7, 11) is 3.97. The Morgan fingerprint density at radius 2 is 2.00 bits per heavy atom. The van der Waals surface area contributed by atoms with Crippen LogP contribution < -0.4 is 10.2 Å². The Labute approximate surface area is 117 Å². The second kappa shape index (κ2) is 5.87. The molecule has 0 amide bonds. The predicted molar refractivity (Wildman–Crippen MR) is 79.1 cm³/mol. The van der Waals surface area contributed by atoms with Crippen molar-refractivity contribution in [1.82, 2.24) is 9.97 Å². The van der Waals surface area contributed by atoms with E-state index in [9.17, 15) is 0 Å². The van der Waals surface area contributed by atoms with Gasteiger partial charge in [-0.1, -0.05) is 6.92 Å². The quantitative estimate of drug-likeness (QED) is 0.929. The molecule has 0 atom stereocenters. The van der Waals surface area contributed by atoms with Gasteiger partial charge in [0, 0.05) is 26.3 Å². The van der Waals surface area contributed by atoms with Crippen LogP contribution >= 0.6 is 15.9 Å². The third-order valence-corrected chi connectivity index (χ3v) is 4.38. The van der Waals surface area contributed by atoms with Crippen molar-refractivity contribution < 1.29 is 0 Å². The van der Waals surface area contributed by atoms with Crippen LogP contribution in [0.5, 0.6) is 0 Å². The van der Waals surface area contributed by atoms with Gasteiger partial charge in [0.15, 0.2) is 0 Å². The van der Waals surface area contributed by atoms with E-state index in [0.717, 1.165) is 16.2 Å². The van der Waals surface area contributed by atoms with Crippen LogP contribution in [0.4, 0.5) is 11.8 Å². The highest BCUT2D eigenvalue weighted by molar-refractivity contribution is 9.10. The average Bonchev–Trinajstić information content (AvgIpc) is 2.39. The first-order valence-corrected chi connectivity index (χ1v) is 7.34. The van der Waals surface area contributed by atoms with Crippen LogP contribution in [-0.2, 0) is 0 Å². The normalized spacial score (nSPS) is 23.8. The lowest BCUT2D eigenvalue weighted by atomic mass is 9.87. The zero-order valence-corrected chi connectivity index (χ0v) is 12.9. The highest BCUT2D eigenvalue weighted by atomic mass is 79.9. The minimum absolute atomic E-state index is 0.595. The van der Waals surface area contributed by atoms with Gasteiger partial charge < -0.3 is 10.2 Å². The topological polar surface area (TPSA) is 41.1 Å². The highest BCUT2D eigenvalue weighted by Crippen LogP contribution is 2.31. The number of rotatable bonds is 3. The lowest BCUT2D eigenvalue weighted by Crippen LogP contribution is -2.35. The zero-order chi connectivity index (χ0) is 13.1. The van der Waals surface area contributed by atoms with Crippen molar-refractivity contribution in [2.75, 3.05) is 24.3 Å². The molecular weight excluding hydrogens is 292 g/mol. The van der Waals surface area contributed by atoms with Gasteiger partial charge in [0.2, 0.25) is 5.95 Å². The van der Waals surface area contributed by atoms with Gasteiger partial charge in [-0.15, -0.1) is 0 Å². The summed E-state index contributed by atoms with van der Waals surface area (Å²) in [5.74, 6) is 2.52. The van der Waals surface area contributed by atoms with Crippen LogP contribution in [0.1, 0.15) is 32.6 Å². The predicted octanol–water partition coefficient (Wildman–Crippen LogP) is 3.30. The molecule has 0 saturated heterocycles. The van der Waals surface area contributed by atoms with Gasteiger partial charge in [-0.3, -0.25) is 0 Å². The van der Waals surface area contributed by atoms with Crippen molar-refractivity contribution in [1.29, 1.82) is 0 Å². The molecular formula is C13H21BrN4. The molecule has 0 aromatic carbocycles. The van der Waals surface area contributed by atoms with E-state index in [1.807, 2.05) is 13.2 Å². The van der Waals surface area contributed by atoms with Crippen molar-refractivity contribution in [3.8, 4) is 0 Å². The lowest BCUT2D eigenvalue weighted by Gasteiger charge is -2.34. The number of nitrogens with one attached hydrogen (secondary N) is 1. The van der Waals surface area contributed by atoms with Crippen molar-refractivity contribution in [3.05, 3.63) is 10.7 Å². The Morgan fingerprint density at radius 3 is 2.61 bits per heavy atom. The molecule has 0 bridgehead atoms. The number of hydrogen-bond donors (Lipinski definition) is 1. The third-order valence-electron chi connectivity index (χ3n) is 3.82. The summed E-state index contributed by atoms with van der Waals surface area (Å²) in [5, 5.41) is 2.99. The number of anilines is 2. The minimum atomic E-state index is 0.595. The number of aromatic nitrogens is 2. The first-order valence-electron chi connectivity index (χ1n) is 6.55. The van der Waals surface area contributed by atoms with E-state index < -0.39 is 0 Å². The van der Waals surface area contributed by atoms with Gasteiger partial charge in [0.25, 0.3) is 0 Å². The van der Waals surface area contributed by atoms with E-state index >= 15 is 0 Å². The summed E-state index contributed by atoms with van der Waals surface area (Å²) < 4.78 is 0.961. The van der Waals surface area contributed by atoms with Gasteiger partial charge in [0.1, 0.15) is 5.82 Å². The average molecular weight is 313 g/mol.